The predicted molar refractivity (Wildman–Crippen MR) is 110 cm³/mol. The van der Waals surface area contributed by atoms with Gasteiger partial charge in [-0.2, -0.15) is 0 Å². The Kier molecular flexibility index (Phi) is 8.79. The summed E-state index contributed by atoms with van der Waals surface area (Å²) in [6, 6.07) is 0. The van der Waals surface area contributed by atoms with Crippen LogP contribution >= 0.6 is 0 Å². The van der Waals surface area contributed by atoms with Crippen molar-refractivity contribution in [2.24, 2.45) is 0 Å². The molecule has 0 N–H and O–H groups in total. The molecule has 7 heteroatoms. The van der Waals surface area contributed by atoms with Gasteiger partial charge in [0.05, 0.1) is 0 Å². The molecule has 0 unspecified atom stereocenters. The van der Waals surface area contributed by atoms with Crippen molar-refractivity contribution in [2.75, 3.05) is 81.6 Å². The van der Waals surface area contributed by atoms with Gasteiger partial charge in [0.2, 0.25) is 0 Å². The van der Waals surface area contributed by atoms with Crippen molar-refractivity contribution in [3.05, 3.63) is 0 Å². The van der Waals surface area contributed by atoms with E-state index < -0.39 is 15.1 Å². The van der Waals surface area contributed by atoms with Gasteiger partial charge in [0.25, 0.3) is 0 Å². The van der Waals surface area contributed by atoms with Crippen molar-refractivity contribution in [1.82, 2.24) is 20.8 Å². The number of hydrogen-bond donors (Lipinski definition) is 0. The van der Waals surface area contributed by atoms with Crippen molar-refractivity contribution in [3.63, 3.8) is 0 Å². The number of hydrogen-bond acceptors (Lipinski definition) is 6. The van der Waals surface area contributed by atoms with E-state index in [-0.39, 0.29) is 0 Å². The van der Waals surface area contributed by atoms with Crippen molar-refractivity contribution in [3.8, 4) is 0 Å². The monoisotopic (exact) mass is 532 g/mol. The number of nitrogens with zero attached hydrogens (tertiary/aromatic N) is 6. The average Bonchev–Trinajstić information content (AvgIpc) is 2.66. The van der Waals surface area contributed by atoms with Crippen LogP contribution in [0.3, 0.4) is 0 Å². The van der Waals surface area contributed by atoms with Gasteiger partial charge in [-0.1, -0.05) is 0 Å². The minimum atomic E-state index is -4.91. The van der Waals surface area contributed by atoms with Gasteiger partial charge in [-0.3, -0.25) is 0 Å². The van der Waals surface area contributed by atoms with Crippen LogP contribution in [0.5, 0.6) is 0 Å². The molecular formula is C18H48N6W. The average molecular weight is 532 g/mol. The fourth-order valence-electron chi connectivity index (χ4n) is 5.30. The molecule has 0 fully saturated rings. The molecule has 25 heavy (non-hydrogen) atoms. The molecule has 0 aromatic carbocycles. The van der Waals surface area contributed by atoms with Crippen LogP contribution in [0.4, 0.5) is 0 Å². The fraction of sp³-hybridized carbons (Fsp3) is 1.00. The molecule has 0 aromatic heterocycles. The van der Waals surface area contributed by atoms with E-state index in [1.165, 1.54) is 0 Å². The summed E-state index contributed by atoms with van der Waals surface area (Å²) in [6.07, 6.45) is 0. The van der Waals surface area contributed by atoms with E-state index in [1.54, 1.807) is 0 Å². The quantitative estimate of drug-likeness (QED) is 0.382. The van der Waals surface area contributed by atoms with Crippen molar-refractivity contribution < 1.29 is 15.1 Å². The summed E-state index contributed by atoms with van der Waals surface area (Å²) in [5, 5.41) is 0. The summed E-state index contributed by atoms with van der Waals surface area (Å²) >= 11 is -4.91. The van der Waals surface area contributed by atoms with Gasteiger partial charge in [-0.25, -0.2) is 0 Å². The van der Waals surface area contributed by atoms with Gasteiger partial charge in [-0.15, -0.1) is 0 Å². The van der Waals surface area contributed by atoms with Crippen LogP contribution in [0, 0.1) is 0 Å². The van der Waals surface area contributed by atoms with E-state index in [1.807, 2.05) is 0 Å². The Morgan fingerprint density at radius 1 is 0.360 bits per heavy atom. The zero-order valence-electron chi connectivity index (χ0n) is 19.3. The first-order chi connectivity index (χ1) is 11.6. The van der Waals surface area contributed by atoms with Crippen molar-refractivity contribution >= 4 is 0 Å². The Morgan fingerprint density at radius 2 is 0.480 bits per heavy atom. The summed E-state index contributed by atoms with van der Waals surface area (Å²) in [7, 11) is 14.1. The van der Waals surface area contributed by atoms with Crippen LogP contribution in [-0.4, -0.2) is 102 Å². The number of rotatable bonds is 12. The maximum atomic E-state index is 2.71. The van der Waals surface area contributed by atoms with Gasteiger partial charge in [0.1, 0.15) is 0 Å². The van der Waals surface area contributed by atoms with Crippen LogP contribution in [0.25, 0.3) is 0 Å². The second-order valence-electron chi connectivity index (χ2n) is 6.89. The third-order valence-electron chi connectivity index (χ3n) is 6.85. The Hall–Kier alpha value is 0.448. The van der Waals surface area contributed by atoms with Gasteiger partial charge in [0, 0.05) is 0 Å². The second kappa shape index (κ2) is 8.64. The normalized spacial score (nSPS) is 16.6. The molecular weight excluding hydrogens is 484 g/mol. The van der Waals surface area contributed by atoms with Crippen molar-refractivity contribution in [1.29, 1.82) is 0 Å². The Morgan fingerprint density at radius 3 is 0.560 bits per heavy atom. The molecule has 0 bridgehead atoms. The van der Waals surface area contributed by atoms with Crippen LogP contribution in [0.15, 0.2) is 0 Å². The molecule has 0 amide bonds. The molecule has 6 nitrogen and oxygen atoms in total. The summed E-state index contributed by atoms with van der Waals surface area (Å²) in [5.41, 5.74) is 0. The molecule has 156 valence electrons. The molecule has 0 spiro atoms. The predicted octanol–water partition coefficient (Wildman–Crippen LogP) is 2.41. The SMILES string of the molecule is CC[N](C)[W]([N](C)CC)([N](C)CC)([N](C)CC)([N](C)CC)[N](C)CC. The Bertz CT molecular complexity index is 317. The Labute approximate surface area is 159 Å². The van der Waals surface area contributed by atoms with E-state index in [0.717, 1.165) is 39.3 Å². The van der Waals surface area contributed by atoms with Crippen LogP contribution < -0.4 is 0 Å². The second-order valence-corrected chi connectivity index (χ2v) is 29.1. The maximum absolute atomic E-state index is 4.91. The van der Waals surface area contributed by atoms with Gasteiger partial charge < -0.3 is 0 Å². The molecule has 0 aliphatic heterocycles. The summed E-state index contributed by atoms with van der Waals surface area (Å²) < 4.78 is 16.3. The van der Waals surface area contributed by atoms with Gasteiger partial charge in [0.15, 0.2) is 0 Å². The third-order valence-corrected chi connectivity index (χ3v) is 42.5. The standard InChI is InChI=1S/6C3H8N.W/c6*1-3-4-2;/h6*3H2,1-2H3;/q6*-1;+6. The van der Waals surface area contributed by atoms with Gasteiger partial charge in [-0.05, 0) is 0 Å². The minimum absolute atomic E-state index is 1.00. The molecule has 0 rings (SSSR count). The molecule has 0 atom stereocenters. The summed E-state index contributed by atoms with van der Waals surface area (Å²) in [4.78, 5) is 0. The zero-order valence-corrected chi connectivity index (χ0v) is 22.3. The first-order valence-electron chi connectivity index (χ1n) is 9.92. The molecule has 0 aliphatic rings. The van der Waals surface area contributed by atoms with E-state index in [0.29, 0.717) is 0 Å². The van der Waals surface area contributed by atoms with E-state index in [9.17, 15) is 0 Å². The van der Waals surface area contributed by atoms with Gasteiger partial charge >= 0.3 is 159 Å². The first kappa shape index (κ1) is 25.4. The molecule has 0 radical (unpaired) electrons. The molecule has 0 heterocycles. The topological polar surface area (TPSA) is 19.4 Å². The Balaban J connectivity index is 7.90. The first-order valence-corrected chi connectivity index (χ1v) is 17.8. The third kappa shape index (κ3) is 2.35. The van der Waals surface area contributed by atoms with E-state index >= 15 is 0 Å². The summed E-state index contributed by atoms with van der Waals surface area (Å²) in [5.74, 6) is 0. The van der Waals surface area contributed by atoms with Crippen LogP contribution in [0.2, 0.25) is 0 Å². The van der Waals surface area contributed by atoms with Crippen LogP contribution in [-0.2, 0) is 15.1 Å². The van der Waals surface area contributed by atoms with Crippen molar-refractivity contribution in [2.45, 2.75) is 41.5 Å². The molecule has 0 saturated carbocycles. The fourth-order valence-corrected chi connectivity index (χ4v) is 43.4. The molecule has 0 aliphatic carbocycles. The summed E-state index contributed by atoms with van der Waals surface area (Å²) in [6.45, 7) is 19.8. The molecule has 0 saturated heterocycles. The van der Waals surface area contributed by atoms with Crippen LogP contribution in [0.1, 0.15) is 41.5 Å². The van der Waals surface area contributed by atoms with E-state index in [2.05, 4.69) is 105 Å². The molecule has 0 aromatic rings. The van der Waals surface area contributed by atoms with E-state index in [4.69, 9.17) is 0 Å². The zero-order chi connectivity index (χ0) is 20.1.